The van der Waals surface area contributed by atoms with Gasteiger partial charge in [0, 0.05) is 15.6 Å². The van der Waals surface area contributed by atoms with Crippen LogP contribution in [0.1, 0.15) is 26.7 Å². The molecule has 0 saturated heterocycles. The molecule has 5 rings (SSSR count). The van der Waals surface area contributed by atoms with Gasteiger partial charge in [-0.1, -0.05) is 77.0 Å². The summed E-state index contributed by atoms with van der Waals surface area (Å²) < 4.78 is 1.02. The Morgan fingerprint density at radius 1 is 0.895 bits per heavy atom. The van der Waals surface area contributed by atoms with Crippen LogP contribution in [0.2, 0.25) is 10.0 Å². The van der Waals surface area contributed by atoms with Crippen molar-refractivity contribution in [1.82, 2.24) is 4.98 Å². The molecule has 2 amide bonds. The number of benzene rings is 4. The maximum atomic E-state index is 13.5. The van der Waals surface area contributed by atoms with Crippen molar-refractivity contribution in [3.05, 3.63) is 118 Å². The summed E-state index contributed by atoms with van der Waals surface area (Å²) in [5.41, 5.74) is 3.75. The third-order valence-electron chi connectivity index (χ3n) is 5.64. The maximum Gasteiger partial charge on any atom is 0.257 e. The number of carbonyl (C=O) groups is 2. The van der Waals surface area contributed by atoms with E-state index >= 15 is 0 Å². The number of nitrogens with one attached hydrogen (secondary N) is 2. The summed E-state index contributed by atoms with van der Waals surface area (Å²) in [6, 6.07) is 27.7. The number of nitrogens with zero attached hydrogens (tertiary/aromatic N) is 1. The van der Waals surface area contributed by atoms with Gasteiger partial charge in [0.05, 0.1) is 20.8 Å². The molecular weight excluding hydrogens is 557 g/mol. The first-order valence-electron chi connectivity index (χ1n) is 11.6. The number of aryl methyl sites for hydroxylation is 1. The van der Waals surface area contributed by atoms with Gasteiger partial charge in [-0.2, -0.15) is 0 Å². The summed E-state index contributed by atoms with van der Waals surface area (Å²) >= 11 is 15.0. The molecule has 1 unspecified atom stereocenters. The van der Waals surface area contributed by atoms with Crippen molar-refractivity contribution < 1.29 is 9.59 Å². The van der Waals surface area contributed by atoms with Crippen LogP contribution in [0.4, 0.5) is 10.8 Å². The number of anilines is 2. The van der Waals surface area contributed by atoms with Gasteiger partial charge in [0.15, 0.2) is 5.13 Å². The molecule has 4 aromatic carbocycles. The molecule has 0 spiro atoms. The van der Waals surface area contributed by atoms with Crippen molar-refractivity contribution in [3.63, 3.8) is 0 Å². The van der Waals surface area contributed by atoms with Crippen molar-refractivity contribution in [2.75, 3.05) is 10.6 Å². The Morgan fingerprint density at radius 2 is 1.71 bits per heavy atom. The Bertz CT molecular complexity index is 1640. The number of hydrogen-bond acceptors (Lipinski definition) is 5. The fourth-order valence-electron chi connectivity index (χ4n) is 3.81. The van der Waals surface area contributed by atoms with E-state index in [-0.39, 0.29) is 16.8 Å². The molecule has 5 nitrogen and oxygen atoms in total. The van der Waals surface area contributed by atoms with Crippen molar-refractivity contribution in [1.29, 1.82) is 0 Å². The lowest BCUT2D eigenvalue weighted by Crippen LogP contribution is -2.19. The molecule has 9 heteroatoms. The maximum absolute atomic E-state index is 13.5. The highest BCUT2D eigenvalue weighted by atomic mass is 35.5. The van der Waals surface area contributed by atoms with Gasteiger partial charge in [0.2, 0.25) is 5.91 Å². The summed E-state index contributed by atoms with van der Waals surface area (Å²) in [5, 5.41) is 6.61. The number of thioether (sulfide) groups is 1. The minimum Gasteiger partial charge on any atom is -0.322 e. The molecule has 1 aromatic heterocycles. The van der Waals surface area contributed by atoms with Crippen molar-refractivity contribution in [2.24, 2.45) is 0 Å². The Kier molecular flexibility index (Phi) is 8.00. The summed E-state index contributed by atoms with van der Waals surface area (Å²) in [5.74, 6) is -0.531. The van der Waals surface area contributed by atoms with Gasteiger partial charge in [-0.05, 0) is 66.6 Å². The zero-order valence-corrected chi connectivity index (χ0v) is 23.2. The van der Waals surface area contributed by atoms with E-state index in [1.807, 2.05) is 67.6 Å². The van der Waals surface area contributed by atoms with Gasteiger partial charge in [-0.3, -0.25) is 9.59 Å². The molecule has 0 fully saturated rings. The quantitative estimate of drug-likeness (QED) is 0.190. The molecule has 0 aliphatic rings. The molecule has 2 N–H and O–H groups in total. The second kappa shape index (κ2) is 11.6. The molecule has 38 heavy (non-hydrogen) atoms. The second-order valence-electron chi connectivity index (χ2n) is 8.49. The number of halogens is 2. The Morgan fingerprint density at radius 3 is 2.50 bits per heavy atom. The third kappa shape index (κ3) is 6.19. The van der Waals surface area contributed by atoms with Crippen LogP contribution in [0.3, 0.4) is 0 Å². The minimum absolute atomic E-state index is 0.181. The largest absolute Gasteiger partial charge is 0.322 e. The molecule has 1 heterocycles. The van der Waals surface area contributed by atoms with Gasteiger partial charge >= 0.3 is 0 Å². The van der Waals surface area contributed by atoms with Gasteiger partial charge in [-0.25, -0.2) is 4.98 Å². The van der Waals surface area contributed by atoms with E-state index in [0.29, 0.717) is 21.4 Å². The first-order valence-corrected chi connectivity index (χ1v) is 14.1. The van der Waals surface area contributed by atoms with E-state index in [4.69, 9.17) is 23.2 Å². The predicted octanol–water partition coefficient (Wildman–Crippen LogP) is 8.64. The molecule has 0 aliphatic carbocycles. The van der Waals surface area contributed by atoms with Crippen LogP contribution in [0.5, 0.6) is 0 Å². The molecular formula is C29H21Cl2N3O2S2. The summed E-state index contributed by atoms with van der Waals surface area (Å²) in [7, 11) is 0. The van der Waals surface area contributed by atoms with Gasteiger partial charge in [0.1, 0.15) is 5.25 Å². The van der Waals surface area contributed by atoms with E-state index in [0.717, 1.165) is 26.2 Å². The zero-order chi connectivity index (χ0) is 26.6. The second-order valence-corrected chi connectivity index (χ2v) is 11.5. The van der Waals surface area contributed by atoms with Gasteiger partial charge in [0.25, 0.3) is 5.91 Å². The Labute approximate surface area is 238 Å². The molecule has 1 atom stereocenters. The molecule has 5 aromatic rings. The topological polar surface area (TPSA) is 71.1 Å². The van der Waals surface area contributed by atoms with Gasteiger partial charge in [-0.15, -0.1) is 11.8 Å². The van der Waals surface area contributed by atoms with Crippen LogP contribution < -0.4 is 10.6 Å². The Hall–Kier alpha value is -3.36. The fraction of sp³-hybridized carbons (Fsp3) is 0.0690. The molecule has 0 radical (unpaired) electrons. The summed E-state index contributed by atoms with van der Waals surface area (Å²) in [6.45, 7) is 2.03. The number of fused-ring (bicyclic) bond motifs is 1. The smallest absolute Gasteiger partial charge is 0.257 e. The standard InChI is InChI=1S/C29H21Cl2N3O2S2/c1-17-10-13-24-25(14-17)38-29(33-24)34-28(36)26(18-6-3-2-4-7-18)37-21-9-5-8-20(16-21)32-27(35)22-12-11-19(30)15-23(22)31/h2-16,26H,1H3,(H,32,35)(H,33,34,36). The molecule has 190 valence electrons. The van der Waals surface area contributed by atoms with E-state index in [1.165, 1.54) is 29.2 Å². The Balaban J connectivity index is 1.37. The van der Waals surface area contributed by atoms with Crippen molar-refractivity contribution in [3.8, 4) is 0 Å². The van der Waals surface area contributed by atoms with E-state index < -0.39 is 5.25 Å². The number of carbonyl (C=O) groups excluding carboxylic acids is 2. The normalized spacial score (nSPS) is 11.8. The summed E-state index contributed by atoms with van der Waals surface area (Å²) in [6.07, 6.45) is 0. The third-order valence-corrected chi connectivity index (χ3v) is 8.37. The van der Waals surface area contributed by atoms with Crippen molar-refractivity contribution >= 4 is 79.2 Å². The zero-order valence-electron chi connectivity index (χ0n) is 20.1. The summed E-state index contributed by atoms with van der Waals surface area (Å²) in [4.78, 5) is 31.7. The van der Waals surface area contributed by atoms with Crippen LogP contribution in [0, 0.1) is 6.92 Å². The lowest BCUT2D eigenvalue weighted by molar-refractivity contribution is -0.115. The first kappa shape index (κ1) is 26.3. The highest BCUT2D eigenvalue weighted by Gasteiger charge is 2.23. The van der Waals surface area contributed by atoms with E-state index in [1.54, 1.807) is 18.2 Å². The van der Waals surface area contributed by atoms with Crippen molar-refractivity contribution in [2.45, 2.75) is 17.1 Å². The number of hydrogen-bond donors (Lipinski definition) is 2. The van der Waals surface area contributed by atoms with Crippen LogP contribution in [-0.4, -0.2) is 16.8 Å². The molecule has 0 aliphatic heterocycles. The van der Waals surface area contributed by atoms with Crippen LogP contribution in [-0.2, 0) is 4.79 Å². The average Bonchev–Trinajstić information content (AvgIpc) is 3.29. The number of thiazole rings is 1. The monoisotopic (exact) mass is 577 g/mol. The SMILES string of the molecule is Cc1ccc2nc(NC(=O)C(Sc3cccc(NC(=O)c4ccc(Cl)cc4Cl)c3)c3ccccc3)sc2c1. The van der Waals surface area contributed by atoms with Crippen LogP contribution >= 0.6 is 46.3 Å². The fourth-order valence-corrected chi connectivity index (χ4v) is 6.36. The van der Waals surface area contributed by atoms with Crippen LogP contribution in [0.25, 0.3) is 10.2 Å². The van der Waals surface area contributed by atoms with Crippen LogP contribution in [0.15, 0.2) is 95.9 Å². The van der Waals surface area contributed by atoms with E-state index in [2.05, 4.69) is 21.7 Å². The highest BCUT2D eigenvalue weighted by molar-refractivity contribution is 8.00. The number of rotatable bonds is 7. The van der Waals surface area contributed by atoms with E-state index in [9.17, 15) is 9.59 Å². The lowest BCUT2D eigenvalue weighted by Gasteiger charge is -2.17. The lowest BCUT2D eigenvalue weighted by atomic mass is 10.1. The first-order chi connectivity index (χ1) is 18.4. The average molecular weight is 579 g/mol. The minimum atomic E-state index is -0.540. The predicted molar refractivity (Wildman–Crippen MR) is 159 cm³/mol. The highest BCUT2D eigenvalue weighted by Crippen LogP contribution is 2.38. The number of amides is 2. The number of aromatic nitrogens is 1. The molecule has 0 saturated carbocycles. The molecule has 0 bridgehead atoms. The van der Waals surface area contributed by atoms with Gasteiger partial charge < -0.3 is 10.6 Å².